The van der Waals surface area contributed by atoms with Crippen LogP contribution in [0.15, 0.2) is 41.2 Å². The summed E-state index contributed by atoms with van der Waals surface area (Å²) in [7, 11) is 0. The van der Waals surface area contributed by atoms with Crippen molar-refractivity contribution in [3.63, 3.8) is 0 Å². The van der Waals surface area contributed by atoms with Crippen LogP contribution >= 0.6 is 0 Å². The van der Waals surface area contributed by atoms with Gasteiger partial charge in [0, 0.05) is 0 Å². The van der Waals surface area contributed by atoms with Crippen molar-refractivity contribution < 1.29 is 14.3 Å². The third-order valence-corrected chi connectivity index (χ3v) is 3.25. The Labute approximate surface area is 122 Å². The molecule has 6 nitrogen and oxygen atoms in total. The number of hydrogen-bond donors (Lipinski definition) is 2. The molecule has 2 N–H and O–H groups in total. The van der Waals surface area contributed by atoms with E-state index < -0.39 is 17.5 Å². The Bertz CT molecular complexity index is 1010. The molecule has 0 bridgehead atoms. The van der Waals surface area contributed by atoms with Gasteiger partial charge in [-0.15, -0.1) is 0 Å². The molecule has 2 aromatic carbocycles. The summed E-state index contributed by atoms with van der Waals surface area (Å²) in [5, 5.41) is 17.7. The average molecular weight is 297 g/mol. The number of rotatable bonds is 2. The van der Waals surface area contributed by atoms with Crippen molar-refractivity contribution in [1.29, 1.82) is 5.26 Å². The monoisotopic (exact) mass is 297 g/mol. The number of nitriles is 1. The van der Waals surface area contributed by atoms with Gasteiger partial charge < -0.3 is 10.1 Å². The molecule has 0 unspecified atom stereocenters. The van der Waals surface area contributed by atoms with E-state index in [9.17, 15) is 14.0 Å². The molecule has 0 aliphatic carbocycles. The van der Waals surface area contributed by atoms with Crippen LogP contribution in [0, 0.1) is 17.1 Å². The second-order valence-corrected chi connectivity index (χ2v) is 4.58. The number of fused-ring (bicyclic) bond motifs is 1. The molecular formula is C15H8FN3O3. The molecule has 7 heteroatoms. The minimum absolute atomic E-state index is 0.0639. The van der Waals surface area contributed by atoms with Gasteiger partial charge in [-0.05, 0) is 36.4 Å². The van der Waals surface area contributed by atoms with Crippen LogP contribution in [0.5, 0.6) is 0 Å². The van der Waals surface area contributed by atoms with Gasteiger partial charge in [0.2, 0.25) is 0 Å². The minimum atomic E-state index is -1.25. The molecule has 3 aromatic rings. The molecule has 0 atom stereocenters. The highest BCUT2D eigenvalue weighted by Crippen LogP contribution is 2.20. The normalized spacial score (nSPS) is 10.5. The summed E-state index contributed by atoms with van der Waals surface area (Å²) >= 11 is 0. The lowest BCUT2D eigenvalue weighted by molar-refractivity contribution is 0.0696. The Morgan fingerprint density at radius 1 is 1.27 bits per heavy atom. The van der Waals surface area contributed by atoms with Crippen molar-refractivity contribution in [1.82, 2.24) is 9.55 Å². The quantitative estimate of drug-likeness (QED) is 0.756. The number of imidazole rings is 1. The number of aromatic amines is 1. The van der Waals surface area contributed by atoms with E-state index >= 15 is 0 Å². The molecule has 0 radical (unpaired) electrons. The van der Waals surface area contributed by atoms with Crippen LogP contribution in [0.1, 0.15) is 15.9 Å². The maximum absolute atomic E-state index is 14.1. The highest BCUT2D eigenvalue weighted by atomic mass is 19.1. The molecule has 1 heterocycles. The number of halogens is 1. The molecular weight excluding hydrogens is 289 g/mol. The first-order valence-electron chi connectivity index (χ1n) is 6.19. The molecule has 0 spiro atoms. The summed E-state index contributed by atoms with van der Waals surface area (Å²) in [5.41, 5.74) is 0.304. The van der Waals surface area contributed by atoms with Crippen LogP contribution in [0.4, 0.5) is 4.39 Å². The fourth-order valence-corrected chi connectivity index (χ4v) is 2.24. The molecule has 1 aromatic heterocycles. The SMILES string of the molecule is N#Cc1ccc2c(c1)[nH]c(=O)n2-c1ccc(C(=O)O)cc1F. The van der Waals surface area contributed by atoms with E-state index in [-0.39, 0.29) is 11.3 Å². The van der Waals surface area contributed by atoms with E-state index in [0.717, 1.165) is 10.6 Å². The number of aromatic nitrogens is 2. The van der Waals surface area contributed by atoms with E-state index in [0.29, 0.717) is 16.6 Å². The fourth-order valence-electron chi connectivity index (χ4n) is 2.24. The van der Waals surface area contributed by atoms with Gasteiger partial charge in [0.15, 0.2) is 0 Å². The summed E-state index contributed by atoms with van der Waals surface area (Å²) < 4.78 is 15.2. The van der Waals surface area contributed by atoms with E-state index in [1.807, 2.05) is 6.07 Å². The topological polar surface area (TPSA) is 98.9 Å². The first-order chi connectivity index (χ1) is 10.5. The Morgan fingerprint density at radius 2 is 2.05 bits per heavy atom. The van der Waals surface area contributed by atoms with Crippen LogP contribution in [0.25, 0.3) is 16.7 Å². The van der Waals surface area contributed by atoms with E-state index in [1.54, 1.807) is 0 Å². The van der Waals surface area contributed by atoms with Crippen LogP contribution in [0.3, 0.4) is 0 Å². The first kappa shape index (κ1) is 13.6. The zero-order valence-electron chi connectivity index (χ0n) is 11.0. The number of nitrogens with one attached hydrogen (secondary N) is 1. The number of benzene rings is 2. The number of carbonyl (C=O) groups is 1. The van der Waals surface area contributed by atoms with Crippen molar-refractivity contribution in [3.8, 4) is 11.8 Å². The zero-order chi connectivity index (χ0) is 15.9. The predicted octanol–water partition coefficient (Wildman–Crippen LogP) is 2.03. The zero-order valence-corrected chi connectivity index (χ0v) is 11.0. The van der Waals surface area contributed by atoms with Gasteiger partial charge >= 0.3 is 11.7 Å². The molecule has 0 fully saturated rings. The summed E-state index contributed by atoms with van der Waals surface area (Å²) in [6.45, 7) is 0. The van der Waals surface area contributed by atoms with Crippen molar-refractivity contribution in [3.05, 3.63) is 63.8 Å². The minimum Gasteiger partial charge on any atom is -0.478 e. The lowest BCUT2D eigenvalue weighted by Gasteiger charge is -2.06. The molecule has 22 heavy (non-hydrogen) atoms. The second kappa shape index (κ2) is 4.86. The van der Waals surface area contributed by atoms with Crippen molar-refractivity contribution in [2.75, 3.05) is 0 Å². The number of H-pyrrole nitrogens is 1. The maximum Gasteiger partial charge on any atom is 0.335 e. The van der Waals surface area contributed by atoms with E-state index in [4.69, 9.17) is 10.4 Å². The summed E-state index contributed by atoms with van der Waals surface area (Å²) in [5.74, 6) is -2.08. The predicted molar refractivity (Wildman–Crippen MR) is 75.5 cm³/mol. The number of hydrogen-bond acceptors (Lipinski definition) is 3. The average Bonchev–Trinajstić information content (AvgIpc) is 2.82. The summed E-state index contributed by atoms with van der Waals surface area (Å²) in [4.78, 5) is 25.4. The molecule has 0 aliphatic heterocycles. The Morgan fingerprint density at radius 3 is 2.68 bits per heavy atom. The molecule has 3 rings (SSSR count). The van der Waals surface area contributed by atoms with Crippen LogP contribution in [0.2, 0.25) is 0 Å². The standard InChI is InChI=1S/C15H8FN3O3/c16-10-6-9(14(20)21)2-4-12(10)19-13-3-1-8(7-17)5-11(13)18-15(19)22/h1-6H,(H,18,22)(H,20,21). The van der Waals surface area contributed by atoms with Crippen LogP contribution in [-0.2, 0) is 0 Å². The Hall–Kier alpha value is -3.40. The molecule has 0 saturated heterocycles. The highest BCUT2D eigenvalue weighted by molar-refractivity contribution is 5.88. The van der Waals surface area contributed by atoms with Crippen molar-refractivity contribution in [2.24, 2.45) is 0 Å². The molecule has 0 saturated carbocycles. The van der Waals surface area contributed by atoms with Gasteiger partial charge in [-0.25, -0.2) is 14.0 Å². The first-order valence-corrected chi connectivity index (χ1v) is 6.19. The van der Waals surface area contributed by atoms with Gasteiger partial charge in [0.1, 0.15) is 5.82 Å². The van der Waals surface area contributed by atoms with Crippen LogP contribution < -0.4 is 5.69 Å². The Balaban J connectivity index is 2.27. The summed E-state index contributed by atoms with van der Waals surface area (Å²) in [6.07, 6.45) is 0. The number of aromatic carboxylic acids is 1. The second-order valence-electron chi connectivity index (χ2n) is 4.58. The molecule has 0 aliphatic rings. The van der Waals surface area contributed by atoms with Gasteiger partial charge in [-0.3, -0.25) is 4.57 Å². The number of carboxylic acid groups (broad SMARTS) is 1. The third kappa shape index (κ3) is 2.03. The lowest BCUT2D eigenvalue weighted by Crippen LogP contribution is -2.16. The van der Waals surface area contributed by atoms with Gasteiger partial charge in [-0.1, -0.05) is 0 Å². The maximum atomic E-state index is 14.1. The van der Waals surface area contributed by atoms with Gasteiger partial charge in [0.05, 0.1) is 33.9 Å². The molecule has 108 valence electrons. The van der Waals surface area contributed by atoms with Crippen LogP contribution in [-0.4, -0.2) is 20.6 Å². The third-order valence-electron chi connectivity index (χ3n) is 3.25. The fraction of sp³-hybridized carbons (Fsp3) is 0. The smallest absolute Gasteiger partial charge is 0.335 e. The van der Waals surface area contributed by atoms with E-state index in [2.05, 4.69) is 4.98 Å². The van der Waals surface area contributed by atoms with Crippen molar-refractivity contribution >= 4 is 17.0 Å². The van der Waals surface area contributed by atoms with Gasteiger partial charge in [0.25, 0.3) is 0 Å². The Kier molecular flexibility index (Phi) is 3.00. The molecule has 0 amide bonds. The van der Waals surface area contributed by atoms with E-state index in [1.165, 1.54) is 30.3 Å². The summed E-state index contributed by atoms with van der Waals surface area (Å²) in [6, 6.07) is 9.76. The van der Waals surface area contributed by atoms with Crippen molar-refractivity contribution in [2.45, 2.75) is 0 Å². The van der Waals surface area contributed by atoms with Gasteiger partial charge in [-0.2, -0.15) is 5.26 Å². The number of carboxylic acids is 1. The largest absolute Gasteiger partial charge is 0.478 e. The number of nitrogens with zero attached hydrogens (tertiary/aromatic N) is 2. The highest BCUT2D eigenvalue weighted by Gasteiger charge is 2.15. The lowest BCUT2D eigenvalue weighted by atomic mass is 10.2.